The first-order valence-corrected chi connectivity index (χ1v) is 8.50. The van der Waals surface area contributed by atoms with E-state index in [0.29, 0.717) is 16.5 Å². The number of fused-ring (bicyclic) bond motifs is 1. The van der Waals surface area contributed by atoms with Crippen LogP contribution in [-0.2, 0) is 6.54 Å². The van der Waals surface area contributed by atoms with Gasteiger partial charge in [-0.15, -0.1) is 0 Å². The first-order chi connectivity index (χ1) is 11.6. The number of carbonyl (C=O) groups is 1. The minimum Gasteiger partial charge on any atom is -0.336 e. The van der Waals surface area contributed by atoms with Gasteiger partial charge in [0.05, 0.1) is 0 Å². The van der Waals surface area contributed by atoms with Crippen molar-refractivity contribution in [2.45, 2.75) is 33.2 Å². The van der Waals surface area contributed by atoms with E-state index in [1.54, 1.807) is 18.3 Å². The maximum Gasteiger partial charge on any atom is 0.273 e. The van der Waals surface area contributed by atoms with Gasteiger partial charge in [0, 0.05) is 28.7 Å². The maximum atomic E-state index is 12.9. The minimum absolute atomic E-state index is 0.158. The summed E-state index contributed by atoms with van der Waals surface area (Å²) in [6.45, 7) is 4.95. The number of hydrogen-bond donors (Lipinski definition) is 1. The summed E-state index contributed by atoms with van der Waals surface area (Å²) in [4.78, 5) is 17.0. The third-order valence-corrected chi connectivity index (χ3v) is 4.37. The number of benzene rings is 1. The molecule has 124 valence electrons. The lowest BCUT2D eigenvalue weighted by atomic mass is 10.1. The van der Waals surface area contributed by atoms with Crippen molar-refractivity contribution in [3.05, 3.63) is 58.9 Å². The molecule has 0 radical (unpaired) electrons. The molecule has 4 nitrogen and oxygen atoms in total. The quantitative estimate of drug-likeness (QED) is 0.705. The Bertz CT molecular complexity index is 885. The zero-order valence-electron chi connectivity index (χ0n) is 13.8. The number of anilines is 1. The van der Waals surface area contributed by atoms with Crippen molar-refractivity contribution in [1.29, 1.82) is 0 Å². The van der Waals surface area contributed by atoms with Gasteiger partial charge in [-0.05, 0) is 37.1 Å². The average Bonchev–Trinajstić information content (AvgIpc) is 2.85. The van der Waals surface area contributed by atoms with Crippen molar-refractivity contribution in [1.82, 2.24) is 9.55 Å². The Morgan fingerprint density at radius 2 is 2.08 bits per heavy atom. The highest BCUT2D eigenvalue weighted by atomic mass is 35.5. The molecule has 0 fully saturated rings. The molecule has 0 aliphatic rings. The Morgan fingerprint density at radius 3 is 2.83 bits per heavy atom. The third-order valence-electron chi connectivity index (χ3n) is 4.14. The summed E-state index contributed by atoms with van der Waals surface area (Å²) in [7, 11) is 0. The maximum absolute atomic E-state index is 12.9. The second-order valence-electron chi connectivity index (χ2n) is 5.81. The first kappa shape index (κ1) is 16.5. The highest BCUT2D eigenvalue weighted by molar-refractivity contribution is 6.30. The van der Waals surface area contributed by atoms with Crippen LogP contribution in [0.15, 0.2) is 42.6 Å². The number of aryl methyl sites for hydroxylation is 2. The number of pyridine rings is 1. The van der Waals surface area contributed by atoms with Crippen molar-refractivity contribution in [2.75, 3.05) is 5.32 Å². The van der Waals surface area contributed by atoms with E-state index in [1.165, 1.54) is 0 Å². The zero-order chi connectivity index (χ0) is 17.1. The van der Waals surface area contributed by atoms with E-state index in [2.05, 4.69) is 33.9 Å². The molecule has 0 aliphatic heterocycles. The van der Waals surface area contributed by atoms with Gasteiger partial charge in [-0.2, -0.15) is 0 Å². The molecule has 5 heteroatoms. The molecule has 24 heavy (non-hydrogen) atoms. The van der Waals surface area contributed by atoms with Crippen molar-refractivity contribution < 1.29 is 4.79 Å². The summed E-state index contributed by atoms with van der Waals surface area (Å²) in [5, 5.41) is 4.52. The van der Waals surface area contributed by atoms with Crippen LogP contribution < -0.4 is 5.32 Å². The average molecular weight is 342 g/mol. The van der Waals surface area contributed by atoms with Gasteiger partial charge in [0.1, 0.15) is 11.5 Å². The Morgan fingerprint density at radius 1 is 1.29 bits per heavy atom. The molecule has 3 rings (SSSR count). The molecule has 1 aromatic carbocycles. The molecule has 0 spiro atoms. The summed E-state index contributed by atoms with van der Waals surface area (Å²) < 4.78 is 2.11. The number of nitrogens with zero attached hydrogens (tertiary/aromatic N) is 2. The van der Waals surface area contributed by atoms with E-state index in [1.807, 2.05) is 19.1 Å². The number of nitrogens with one attached hydrogen (secondary N) is 1. The van der Waals surface area contributed by atoms with Gasteiger partial charge in [0.15, 0.2) is 0 Å². The van der Waals surface area contributed by atoms with Crippen LogP contribution >= 0.6 is 11.6 Å². The predicted molar refractivity (Wildman–Crippen MR) is 98.8 cm³/mol. The van der Waals surface area contributed by atoms with Crippen LogP contribution in [-0.4, -0.2) is 15.5 Å². The van der Waals surface area contributed by atoms with Crippen LogP contribution in [0.4, 0.5) is 5.82 Å². The van der Waals surface area contributed by atoms with Crippen LogP contribution in [0.3, 0.4) is 0 Å². The van der Waals surface area contributed by atoms with Gasteiger partial charge >= 0.3 is 0 Å². The third kappa shape index (κ3) is 3.15. The number of aromatic nitrogens is 2. The topological polar surface area (TPSA) is 46.9 Å². The fraction of sp³-hybridized carbons (Fsp3) is 0.263. The molecule has 1 N–H and O–H groups in total. The van der Waals surface area contributed by atoms with E-state index in [9.17, 15) is 4.79 Å². The van der Waals surface area contributed by atoms with E-state index in [4.69, 9.17) is 11.6 Å². The number of hydrogen-bond acceptors (Lipinski definition) is 2. The van der Waals surface area contributed by atoms with E-state index < -0.39 is 0 Å². The van der Waals surface area contributed by atoms with E-state index in [0.717, 1.165) is 35.9 Å². The van der Waals surface area contributed by atoms with E-state index in [-0.39, 0.29) is 5.91 Å². The molecule has 0 aliphatic carbocycles. The predicted octanol–water partition coefficient (Wildman–Crippen LogP) is 5.05. The monoisotopic (exact) mass is 341 g/mol. The van der Waals surface area contributed by atoms with Crippen molar-refractivity contribution in [2.24, 2.45) is 0 Å². The molecule has 2 heterocycles. The number of amides is 1. The highest BCUT2D eigenvalue weighted by Gasteiger charge is 2.20. The second-order valence-corrected chi connectivity index (χ2v) is 6.25. The Balaban J connectivity index is 2.03. The highest BCUT2D eigenvalue weighted by Crippen LogP contribution is 2.27. The van der Waals surface area contributed by atoms with Crippen LogP contribution in [0.25, 0.3) is 10.9 Å². The van der Waals surface area contributed by atoms with Crippen LogP contribution in [0, 0.1) is 6.92 Å². The SMILES string of the molecule is CCCCn1c(C(=O)Nc2cc(Cl)ccn2)c(C)c2ccccc21. The number of carbonyl (C=O) groups excluding carboxylic acids is 1. The first-order valence-electron chi connectivity index (χ1n) is 8.12. The van der Waals surface area contributed by atoms with Crippen molar-refractivity contribution in [3.63, 3.8) is 0 Å². The zero-order valence-corrected chi connectivity index (χ0v) is 14.6. The Labute approximate surface area is 146 Å². The molecule has 3 aromatic rings. The van der Waals surface area contributed by atoms with Crippen LogP contribution in [0.2, 0.25) is 5.02 Å². The lowest BCUT2D eigenvalue weighted by Crippen LogP contribution is -2.19. The van der Waals surface area contributed by atoms with Gasteiger partial charge < -0.3 is 9.88 Å². The van der Waals surface area contributed by atoms with Crippen LogP contribution in [0.1, 0.15) is 35.8 Å². The molecule has 2 aromatic heterocycles. The second kappa shape index (κ2) is 7.05. The van der Waals surface area contributed by atoms with Crippen LogP contribution in [0.5, 0.6) is 0 Å². The number of rotatable bonds is 5. The number of halogens is 1. The number of unbranched alkanes of at least 4 members (excludes halogenated alkanes) is 1. The van der Waals surface area contributed by atoms with Gasteiger partial charge in [-0.25, -0.2) is 4.98 Å². The molecule has 0 saturated heterocycles. The van der Waals surface area contributed by atoms with Gasteiger partial charge in [-0.3, -0.25) is 4.79 Å². The minimum atomic E-state index is -0.158. The van der Waals surface area contributed by atoms with Crippen molar-refractivity contribution >= 4 is 34.2 Å². The standard InChI is InChI=1S/C19H20ClN3O/c1-3-4-11-23-16-8-6-5-7-15(16)13(2)18(23)19(24)22-17-12-14(20)9-10-21-17/h5-10,12H,3-4,11H2,1-2H3,(H,21,22,24). The Kier molecular flexibility index (Phi) is 4.86. The summed E-state index contributed by atoms with van der Waals surface area (Å²) in [6, 6.07) is 11.5. The molecule has 0 atom stereocenters. The summed E-state index contributed by atoms with van der Waals surface area (Å²) >= 11 is 5.97. The normalized spacial score (nSPS) is 11.0. The Hall–Kier alpha value is -2.33. The molecular weight excluding hydrogens is 322 g/mol. The van der Waals surface area contributed by atoms with Crippen molar-refractivity contribution in [3.8, 4) is 0 Å². The molecule has 0 saturated carbocycles. The van der Waals surface area contributed by atoms with Gasteiger partial charge in [-0.1, -0.05) is 43.1 Å². The molecule has 0 bridgehead atoms. The van der Waals surface area contributed by atoms with Gasteiger partial charge in [0.25, 0.3) is 5.91 Å². The number of para-hydroxylation sites is 1. The molecule has 0 unspecified atom stereocenters. The lowest BCUT2D eigenvalue weighted by Gasteiger charge is -2.11. The fourth-order valence-corrected chi connectivity index (χ4v) is 3.13. The molecule has 1 amide bonds. The van der Waals surface area contributed by atoms with E-state index >= 15 is 0 Å². The molecular formula is C19H20ClN3O. The van der Waals surface area contributed by atoms with Gasteiger partial charge in [0.2, 0.25) is 0 Å². The lowest BCUT2D eigenvalue weighted by molar-refractivity contribution is 0.101. The summed E-state index contributed by atoms with van der Waals surface area (Å²) in [6.07, 6.45) is 3.67. The fourth-order valence-electron chi connectivity index (χ4n) is 2.97. The smallest absolute Gasteiger partial charge is 0.273 e. The largest absolute Gasteiger partial charge is 0.336 e. The summed E-state index contributed by atoms with van der Waals surface area (Å²) in [5.41, 5.74) is 2.76. The summed E-state index contributed by atoms with van der Waals surface area (Å²) in [5.74, 6) is 0.300.